The molecule has 1 N–H and O–H groups in total. The van der Waals surface area contributed by atoms with Crippen molar-refractivity contribution in [3.05, 3.63) is 108 Å². The fourth-order valence-electron chi connectivity index (χ4n) is 3.22. The summed E-state index contributed by atoms with van der Waals surface area (Å²) >= 11 is 0. The summed E-state index contributed by atoms with van der Waals surface area (Å²) in [5.74, 6) is 6.08. The maximum absolute atomic E-state index is 10.7. The first-order valence-electron chi connectivity index (χ1n) is 8.44. The average Bonchev–Trinajstić information content (AvgIpc) is 3.44. The Morgan fingerprint density at radius 1 is 0.640 bits per heavy atom. The molecule has 1 atom stereocenters. The Kier molecular flexibility index (Phi) is 4.21. The van der Waals surface area contributed by atoms with Crippen LogP contribution in [0.1, 0.15) is 16.7 Å². The minimum Gasteiger partial charge on any atom is -0.379 e. The van der Waals surface area contributed by atoms with E-state index in [0.29, 0.717) is 0 Å². The van der Waals surface area contributed by atoms with Gasteiger partial charge in [-0.2, -0.15) is 0 Å². The molecule has 1 nitrogen and oxygen atoms in total. The van der Waals surface area contributed by atoms with Crippen molar-refractivity contribution in [1.82, 2.24) is 0 Å². The fraction of sp³-hybridized carbons (Fsp3) is 0.0833. The SMILES string of the molecule is OC(C#Cc1ccccc1)C1C(c2ccccc2)=C1c1ccccc1. The molecule has 0 aromatic heterocycles. The molecule has 1 aliphatic rings. The molecule has 3 aromatic rings. The van der Waals surface area contributed by atoms with E-state index >= 15 is 0 Å². The molecule has 0 amide bonds. The van der Waals surface area contributed by atoms with Crippen LogP contribution >= 0.6 is 0 Å². The molecule has 3 aromatic carbocycles. The van der Waals surface area contributed by atoms with E-state index in [9.17, 15) is 5.11 Å². The van der Waals surface area contributed by atoms with Gasteiger partial charge in [0.1, 0.15) is 6.10 Å². The third-order valence-corrected chi connectivity index (χ3v) is 4.45. The zero-order valence-electron chi connectivity index (χ0n) is 13.8. The van der Waals surface area contributed by atoms with E-state index in [1.807, 2.05) is 66.7 Å². The molecule has 0 radical (unpaired) electrons. The summed E-state index contributed by atoms with van der Waals surface area (Å²) in [5.41, 5.74) is 5.63. The first kappa shape index (κ1) is 15.4. The van der Waals surface area contributed by atoms with E-state index in [2.05, 4.69) is 36.1 Å². The smallest absolute Gasteiger partial charge is 0.126 e. The van der Waals surface area contributed by atoms with E-state index in [4.69, 9.17) is 0 Å². The van der Waals surface area contributed by atoms with Crippen LogP contribution in [0.15, 0.2) is 91.0 Å². The number of rotatable bonds is 3. The molecular formula is C24H18O. The lowest BCUT2D eigenvalue weighted by molar-refractivity contribution is 0.222. The highest BCUT2D eigenvalue weighted by atomic mass is 16.3. The zero-order valence-corrected chi connectivity index (χ0v) is 13.8. The van der Waals surface area contributed by atoms with Gasteiger partial charge >= 0.3 is 0 Å². The minimum atomic E-state index is -0.703. The highest BCUT2D eigenvalue weighted by Crippen LogP contribution is 2.54. The summed E-state index contributed by atoms with van der Waals surface area (Å²) in [6.45, 7) is 0. The Morgan fingerprint density at radius 3 is 1.56 bits per heavy atom. The van der Waals surface area contributed by atoms with Crippen molar-refractivity contribution < 1.29 is 5.11 Å². The van der Waals surface area contributed by atoms with Crippen molar-refractivity contribution >= 4 is 11.1 Å². The summed E-state index contributed by atoms with van der Waals surface area (Å²) < 4.78 is 0. The topological polar surface area (TPSA) is 20.2 Å². The van der Waals surface area contributed by atoms with E-state index in [1.54, 1.807) is 0 Å². The van der Waals surface area contributed by atoms with Gasteiger partial charge in [-0.25, -0.2) is 0 Å². The van der Waals surface area contributed by atoms with Gasteiger partial charge in [-0.15, -0.1) is 0 Å². The molecule has 1 aliphatic carbocycles. The molecule has 25 heavy (non-hydrogen) atoms. The van der Waals surface area contributed by atoms with Crippen LogP contribution in [0.3, 0.4) is 0 Å². The van der Waals surface area contributed by atoms with Gasteiger partial charge in [0.25, 0.3) is 0 Å². The highest BCUT2D eigenvalue weighted by Gasteiger charge is 2.42. The van der Waals surface area contributed by atoms with Crippen molar-refractivity contribution in [1.29, 1.82) is 0 Å². The van der Waals surface area contributed by atoms with E-state index in [0.717, 1.165) is 16.7 Å². The first-order valence-corrected chi connectivity index (χ1v) is 8.44. The molecule has 0 bridgehead atoms. The third-order valence-electron chi connectivity index (χ3n) is 4.45. The van der Waals surface area contributed by atoms with Gasteiger partial charge in [0.05, 0.1) is 0 Å². The van der Waals surface area contributed by atoms with Crippen molar-refractivity contribution in [2.45, 2.75) is 6.10 Å². The quantitative estimate of drug-likeness (QED) is 0.697. The van der Waals surface area contributed by atoms with Crippen LogP contribution in [-0.4, -0.2) is 11.2 Å². The summed E-state index contributed by atoms with van der Waals surface area (Å²) in [6, 6.07) is 30.3. The minimum absolute atomic E-state index is 0.0268. The lowest BCUT2D eigenvalue weighted by atomic mass is 10.0. The molecule has 0 fully saturated rings. The molecular weight excluding hydrogens is 304 g/mol. The maximum Gasteiger partial charge on any atom is 0.126 e. The largest absolute Gasteiger partial charge is 0.379 e. The van der Waals surface area contributed by atoms with Crippen LogP contribution in [-0.2, 0) is 0 Å². The highest BCUT2D eigenvalue weighted by molar-refractivity contribution is 6.11. The molecule has 0 saturated carbocycles. The van der Waals surface area contributed by atoms with Crippen molar-refractivity contribution in [2.24, 2.45) is 5.92 Å². The van der Waals surface area contributed by atoms with Crippen LogP contribution in [0.5, 0.6) is 0 Å². The van der Waals surface area contributed by atoms with Gasteiger partial charge < -0.3 is 5.11 Å². The van der Waals surface area contributed by atoms with Crippen LogP contribution in [0.2, 0.25) is 0 Å². The first-order chi connectivity index (χ1) is 12.3. The van der Waals surface area contributed by atoms with Gasteiger partial charge in [0.2, 0.25) is 0 Å². The van der Waals surface area contributed by atoms with E-state index in [1.165, 1.54) is 11.1 Å². The fourth-order valence-corrected chi connectivity index (χ4v) is 3.22. The number of hydrogen-bond donors (Lipinski definition) is 1. The van der Waals surface area contributed by atoms with Crippen LogP contribution in [0, 0.1) is 17.8 Å². The third kappa shape index (κ3) is 3.26. The lowest BCUT2D eigenvalue weighted by Crippen LogP contribution is -2.09. The van der Waals surface area contributed by atoms with E-state index < -0.39 is 6.10 Å². The predicted molar refractivity (Wildman–Crippen MR) is 103 cm³/mol. The van der Waals surface area contributed by atoms with Crippen molar-refractivity contribution in [3.8, 4) is 11.8 Å². The lowest BCUT2D eigenvalue weighted by Gasteiger charge is -2.05. The summed E-state index contributed by atoms with van der Waals surface area (Å²) in [5, 5.41) is 10.7. The van der Waals surface area contributed by atoms with Crippen LogP contribution in [0.25, 0.3) is 11.1 Å². The Balaban J connectivity index is 1.65. The second-order valence-corrected chi connectivity index (χ2v) is 6.12. The molecule has 0 saturated heterocycles. The molecule has 120 valence electrons. The predicted octanol–water partition coefficient (Wildman–Crippen LogP) is 4.64. The molecule has 1 unspecified atom stereocenters. The van der Waals surface area contributed by atoms with Crippen molar-refractivity contribution in [3.63, 3.8) is 0 Å². The zero-order chi connectivity index (χ0) is 17.1. The number of hydrogen-bond acceptors (Lipinski definition) is 1. The Labute approximate surface area is 148 Å². The molecule has 0 spiro atoms. The number of benzene rings is 3. The Morgan fingerprint density at radius 2 is 1.08 bits per heavy atom. The Hall–Kier alpha value is -3.08. The molecule has 1 heteroatoms. The van der Waals surface area contributed by atoms with Gasteiger partial charge in [-0.05, 0) is 34.4 Å². The van der Waals surface area contributed by atoms with Gasteiger partial charge in [0, 0.05) is 11.5 Å². The van der Waals surface area contributed by atoms with E-state index in [-0.39, 0.29) is 5.92 Å². The van der Waals surface area contributed by atoms with Crippen LogP contribution < -0.4 is 0 Å². The standard InChI is InChI=1S/C24H18O/c25-21(17-16-18-10-4-1-5-11-18)24-22(19-12-6-2-7-13-19)23(24)20-14-8-3-9-15-20/h1-15,21,24-25H. The molecule has 0 heterocycles. The Bertz CT molecular complexity index is 895. The summed E-state index contributed by atoms with van der Waals surface area (Å²) in [4.78, 5) is 0. The van der Waals surface area contributed by atoms with Gasteiger partial charge in [-0.3, -0.25) is 0 Å². The maximum atomic E-state index is 10.7. The number of aliphatic hydroxyl groups is 1. The monoisotopic (exact) mass is 322 g/mol. The normalized spacial score (nSPS) is 14.6. The number of aliphatic hydroxyl groups excluding tert-OH is 1. The second kappa shape index (κ2) is 6.81. The van der Waals surface area contributed by atoms with Gasteiger partial charge in [-0.1, -0.05) is 90.7 Å². The molecule has 0 aliphatic heterocycles. The van der Waals surface area contributed by atoms with Gasteiger partial charge in [0.15, 0.2) is 0 Å². The summed E-state index contributed by atoms with van der Waals surface area (Å²) in [7, 11) is 0. The average molecular weight is 322 g/mol. The summed E-state index contributed by atoms with van der Waals surface area (Å²) in [6.07, 6.45) is -0.703. The second-order valence-electron chi connectivity index (χ2n) is 6.12. The molecule has 4 rings (SSSR count). The van der Waals surface area contributed by atoms with Crippen LogP contribution in [0.4, 0.5) is 0 Å². The van der Waals surface area contributed by atoms with Crippen molar-refractivity contribution in [2.75, 3.05) is 0 Å².